The fraction of sp³-hybridized carbons (Fsp3) is 0.905. The van der Waals surface area contributed by atoms with Crippen LogP contribution in [0.5, 0.6) is 0 Å². The Kier molecular flexibility index (Phi) is 6.96. The highest BCUT2D eigenvalue weighted by Gasteiger charge is 2.50. The molecule has 26 heavy (non-hydrogen) atoms. The van der Waals surface area contributed by atoms with Crippen LogP contribution >= 0.6 is 0 Å². The summed E-state index contributed by atoms with van der Waals surface area (Å²) in [4.78, 5) is 30.1. The number of likely N-dealkylation sites (tertiary alicyclic amines) is 2. The highest BCUT2D eigenvalue weighted by Crippen LogP contribution is 2.42. The number of amides is 2. The summed E-state index contributed by atoms with van der Waals surface area (Å²) in [5.41, 5.74) is -0.276. The van der Waals surface area contributed by atoms with E-state index in [0.29, 0.717) is 24.9 Å². The summed E-state index contributed by atoms with van der Waals surface area (Å²) in [6.07, 6.45) is 12.7. The molecule has 2 saturated heterocycles. The van der Waals surface area contributed by atoms with Crippen LogP contribution in [0.3, 0.4) is 0 Å². The lowest BCUT2D eigenvalue weighted by Crippen LogP contribution is -2.54. The number of piperidine rings is 1. The van der Waals surface area contributed by atoms with Crippen LogP contribution in [0.15, 0.2) is 0 Å². The molecule has 1 aliphatic carbocycles. The minimum Gasteiger partial charge on any atom is -0.385 e. The molecule has 1 atom stereocenters. The molecule has 0 aromatic rings. The monoisotopic (exact) mass is 364 g/mol. The zero-order valence-electron chi connectivity index (χ0n) is 16.5. The van der Waals surface area contributed by atoms with Crippen LogP contribution in [0.2, 0.25) is 0 Å². The maximum Gasteiger partial charge on any atom is 0.230 e. The van der Waals surface area contributed by atoms with Gasteiger partial charge in [-0.05, 0) is 44.9 Å². The van der Waals surface area contributed by atoms with Crippen LogP contribution in [0.4, 0.5) is 0 Å². The average molecular weight is 365 g/mol. The third-order valence-electron chi connectivity index (χ3n) is 6.73. The van der Waals surface area contributed by atoms with E-state index in [9.17, 15) is 9.59 Å². The van der Waals surface area contributed by atoms with Gasteiger partial charge in [-0.3, -0.25) is 9.59 Å². The minimum atomic E-state index is -0.276. The molecule has 0 unspecified atom stereocenters. The van der Waals surface area contributed by atoms with Gasteiger partial charge in [-0.1, -0.05) is 25.7 Å². The van der Waals surface area contributed by atoms with Crippen molar-refractivity contribution in [3.8, 4) is 0 Å². The number of nitrogens with zero attached hydrogens (tertiary/aromatic N) is 2. The van der Waals surface area contributed by atoms with Crippen molar-refractivity contribution in [2.45, 2.75) is 83.1 Å². The van der Waals surface area contributed by atoms with Crippen molar-refractivity contribution >= 4 is 11.8 Å². The predicted molar refractivity (Wildman–Crippen MR) is 102 cm³/mol. The van der Waals surface area contributed by atoms with E-state index < -0.39 is 0 Å². The highest BCUT2D eigenvalue weighted by atomic mass is 16.5. The molecule has 0 aromatic heterocycles. The predicted octanol–water partition coefficient (Wildman–Crippen LogP) is 3.37. The number of ether oxygens (including phenoxy) is 1. The zero-order valence-corrected chi connectivity index (χ0v) is 16.5. The van der Waals surface area contributed by atoms with E-state index in [4.69, 9.17) is 4.74 Å². The van der Waals surface area contributed by atoms with E-state index in [2.05, 4.69) is 4.90 Å². The average Bonchev–Trinajstić information content (AvgIpc) is 3.10. The van der Waals surface area contributed by atoms with E-state index in [1.165, 1.54) is 32.1 Å². The number of rotatable bonds is 7. The van der Waals surface area contributed by atoms with E-state index in [1.807, 2.05) is 4.90 Å². The summed E-state index contributed by atoms with van der Waals surface area (Å²) >= 11 is 0. The quantitative estimate of drug-likeness (QED) is 0.651. The summed E-state index contributed by atoms with van der Waals surface area (Å²) in [7, 11) is 1.71. The first-order valence-corrected chi connectivity index (χ1v) is 10.7. The summed E-state index contributed by atoms with van der Waals surface area (Å²) in [6.45, 7) is 3.12. The summed E-state index contributed by atoms with van der Waals surface area (Å²) < 4.78 is 5.06. The Labute approximate surface area is 158 Å². The standard InChI is InChI=1S/C21H36N2O3/c1-26-16-7-3-6-11-19(24)22-15-13-21(17-22)12-8-14-23(20(21)25)18-9-4-2-5-10-18/h18H,2-17H2,1H3/t21-/m0/s1. The molecule has 1 spiro atoms. The van der Waals surface area contributed by atoms with Gasteiger partial charge in [0, 0.05) is 45.8 Å². The van der Waals surface area contributed by atoms with Gasteiger partial charge in [-0.2, -0.15) is 0 Å². The molecule has 0 aromatic carbocycles. The smallest absolute Gasteiger partial charge is 0.230 e. The third kappa shape index (κ3) is 4.41. The molecule has 3 aliphatic rings. The Hall–Kier alpha value is -1.10. The van der Waals surface area contributed by atoms with Crippen LogP contribution in [0.1, 0.15) is 77.0 Å². The van der Waals surface area contributed by atoms with E-state index in [1.54, 1.807) is 7.11 Å². The molecule has 3 rings (SSSR count). The van der Waals surface area contributed by atoms with Gasteiger partial charge in [-0.15, -0.1) is 0 Å². The van der Waals surface area contributed by atoms with Crippen molar-refractivity contribution in [2.24, 2.45) is 5.41 Å². The number of carbonyl (C=O) groups excluding carboxylic acids is 2. The van der Waals surface area contributed by atoms with E-state index in [-0.39, 0.29) is 11.3 Å². The minimum absolute atomic E-state index is 0.238. The number of hydrogen-bond acceptors (Lipinski definition) is 3. The largest absolute Gasteiger partial charge is 0.385 e. The third-order valence-corrected chi connectivity index (χ3v) is 6.73. The maximum atomic E-state index is 13.3. The molecular weight excluding hydrogens is 328 g/mol. The van der Waals surface area contributed by atoms with Crippen molar-refractivity contribution in [3.63, 3.8) is 0 Å². The molecule has 2 amide bonds. The van der Waals surface area contributed by atoms with E-state index >= 15 is 0 Å². The topological polar surface area (TPSA) is 49.9 Å². The molecule has 0 N–H and O–H groups in total. The molecule has 1 saturated carbocycles. The Morgan fingerprint density at radius 3 is 2.65 bits per heavy atom. The van der Waals surface area contributed by atoms with Gasteiger partial charge >= 0.3 is 0 Å². The molecule has 2 heterocycles. The Balaban J connectivity index is 1.52. The second-order valence-corrected chi connectivity index (χ2v) is 8.54. The first-order chi connectivity index (χ1) is 12.7. The number of hydrogen-bond donors (Lipinski definition) is 0. The van der Waals surface area contributed by atoms with Crippen molar-refractivity contribution in [2.75, 3.05) is 33.4 Å². The fourth-order valence-electron chi connectivity index (χ4n) is 5.16. The normalized spacial score (nSPS) is 27.5. The lowest BCUT2D eigenvalue weighted by molar-refractivity contribution is -0.149. The van der Waals surface area contributed by atoms with Crippen LogP contribution in [-0.4, -0.2) is 61.0 Å². The van der Waals surface area contributed by atoms with E-state index in [0.717, 1.165) is 58.2 Å². The van der Waals surface area contributed by atoms with Crippen molar-refractivity contribution in [1.29, 1.82) is 0 Å². The molecular formula is C21H36N2O3. The van der Waals surface area contributed by atoms with Crippen LogP contribution in [0, 0.1) is 5.41 Å². The first kappa shape index (κ1) is 19.7. The van der Waals surface area contributed by atoms with Crippen molar-refractivity contribution in [3.05, 3.63) is 0 Å². The van der Waals surface area contributed by atoms with Gasteiger partial charge in [0.05, 0.1) is 5.41 Å². The number of methoxy groups -OCH3 is 1. The van der Waals surface area contributed by atoms with Gasteiger partial charge in [0.15, 0.2) is 0 Å². The summed E-state index contributed by atoms with van der Waals surface area (Å²) in [5, 5.41) is 0. The first-order valence-electron chi connectivity index (χ1n) is 10.7. The van der Waals surface area contributed by atoms with Gasteiger partial charge < -0.3 is 14.5 Å². The molecule has 0 radical (unpaired) electrons. The molecule has 5 heteroatoms. The highest BCUT2D eigenvalue weighted by molar-refractivity contribution is 5.86. The number of unbranched alkanes of at least 4 members (excludes halogenated alkanes) is 2. The van der Waals surface area contributed by atoms with Crippen molar-refractivity contribution in [1.82, 2.24) is 9.80 Å². The summed E-state index contributed by atoms with van der Waals surface area (Å²) in [5.74, 6) is 0.591. The Bertz CT molecular complexity index is 490. The lowest BCUT2D eigenvalue weighted by Gasteiger charge is -2.44. The molecule has 0 bridgehead atoms. The molecule has 2 aliphatic heterocycles. The molecule has 5 nitrogen and oxygen atoms in total. The zero-order chi connectivity index (χ0) is 18.4. The maximum absolute atomic E-state index is 13.3. The second kappa shape index (κ2) is 9.20. The molecule has 148 valence electrons. The SMILES string of the molecule is COCCCCCC(=O)N1CC[C@@]2(CCCN(C3CCCCC3)C2=O)C1. The summed E-state index contributed by atoms with van der Waals surface area (Å²) in [6, 6.07) is 0.457. The van der Waals surface area contributed by atoms with Crippen molar-refractivity contribution < 1.29 is 14.3 Å². The Morgan fingerprint density at radius 1 is 1.08 bits per heavy atom. The Morgan fingerprint density at radius 2 is 1.88 bits per heavy atom. The van der Waals surface area contributed by atoms with Gasteiger partial charge in [0.1, 0.15) is 0 Å². The van der Waals surface area contributed by atoms with Gasteiger partial charge in [-0.25, -0.2) is 0 Å². The molecule has 3 fully saturated rings. The van der Waals surface area contributed by atoms with Crippen LogP contribution in [-0.2, 0) is 14.3 Å². The fourth-order valence-corrected chi connectivity index (χ4v) is 5.16. The van der Waals surface area contributed by atoms with Gasteiger partial charge in [0.25, 0.3) is 0 Å². The number of carbonyl (C=O) groups is 2. The van der Waals surface area contributed by atoms with Gasteiger partial charge in [0.2, 0.25) is 11.8 Å². The lowest BCUT2D eigenvalue weighted by atomic mass is 9.77. The van der Waals surface area contributed by atoms with Crippen LogP contribution < -0.4 is 0 Å². The van der Waals surface area contributed by atoms with Crippen LogP contribution in [0.25, 0.3) is 0 Å². The second-order valence-electron chi connectivity index (χ2n) is 8.54.